The van der Waals surface area contributed by atoms with Crippen LogP contribution in [0, 0.1) is 0 Å². The molecule has 0 saturated heterocycles. The Bertz CT molecular complexity index is 85.7. The largest absolute Gasteiger partial charge is 0.330 e. The van der Waals surface area contributed by atoms with Crippen molar-refractivity contribution in [3.05, 3.63) is 0 Å². The van der Waals surface area contributed by atoms with Gasteiger partial charge >= 0.3 is 0 Å². The van der Waals surface area contributed by atoms with E-state index in [9.17, 15) is 4.79 Å². The lowest BCUT2D eigenvalue weighted by molar-refractivity contribution is -0.109. The van der Waals surface area contributed by atoms with Crippen LogP contribution >= 0.6 is 0 Å². The summed E-state index contributed by atoms with van der Waals surface area (Å²) in [6.45, 7) is 3.50. The van der Waals surface area contributed by atoms with E-state index in [-0.39, 0.29) is 6.04 Å². The number of carbonyl (C=O) groups excluding carboxylic acids is 1. The molecule has 0 aliphatic rings. The highest BCUT2D eigenvalue weighted by atomic mass is 16.1. The summed E-state index contributed by atoms with van der Waals surface area (Å²) in [5.41, 5.74) is 5.27. The second kappa shape index (κ2) is 6.71. The molecule has 1 atom stereocenters. The molecule has 0 amide bonds. The third-order valence-electron chi connectivity index (χ3n) is 1.39. The first-order valence-corrected chi connectivity index (χ1v) is 3.73. The molecule has 10 heavy (non-hydrogen) atoms. The second-order valence-corrected chi connectivity index (χ2v) is 2.25. The van der Waals surface area contributed by atoms with Crippen molar-refractivity contribution in [3.8, 4) is 0 Å². The summed E-state index contributed by atoms with van der Waals surface area (Å²) in [5.74, 6) is 0. The van der Waals surface area contributed by atoms with E-state index in [0.29, 0.717) is 6.54 Å². The van der Waals surface area contributed by atoms with Crippen molar-refractivity contribution in [3.63, 3.8) is 0 Å². The van der Waals surface area contributed by atoms with Crippen LogP contribution in [0.1, 0.15) is 19.8 Å². The maximum Gasteiger partial charge on any atom is 0.136 e. The average molecular weight is 144 g/mol. The zero-order chi connectivity index (χ0) is 7.82. The summed E-state index contributed by atoms with van der Waals surface area (Å²) in [6, 6.07) is 0.0200. The average Bonchev–Trinajstić information content (AvgIpc) is 1.99. The Labute approximate surface area is 62.0 Å². The number of rotatable bonds is 6. The smallest absolute Gasteiger partial charge is 0.136 e. The first-order chi connectivity index (χ1) is 4.85. The summed E-state index contributed by atoms with van der Waals surface area (Å²) < 4.78 is 0. The third-order valence-corrected chi connectivity index (χ3v) is 1.39. The van der Waals surface area contributed by atoms with Gasteiger partial charge in [-0.2, -0.15) is 0 Å². The third kappa shape index (κ3) is 4.47. The predicted octanol–water partition coefficient (Wildman–Crippen LogP) is -0.0977. The molecule has 3 N–H and O–H groups in total. The van der Waals surface area contributed by atoms with Crippen molar-refractivity contribution < 1.29 is 4.79 Å². The fraction of sp³-hybridized carbons (Fsp3) is 0.857. The molecule has 0 aromatic heterocycles. The molecule has 0 aromatic rings. The Morgan fingerprint density at radius 2 is 2.40 bits per heavy atom. The number of aldehydes is 1. The minimum absolute atomic E-state index is 0.0200. The molecule has 0 aliphatic carbocycles. The van der Waals surface area contributed by atoms with Gasteiger partial charge in [0.2, 0.25) is 0 Å². The maximum atomic E-state index is 10.2. The monoisotopic (exact) mass is 144 g/mol. The maximum absolute atomic E-state index is 10.2. The van der Waals surface area contributed by atoms with Gasteiger partial charge in [0.15, 0.2) is 0 Å². The Morgan fingerprint density at radius 1 is 1.70 bits per heavy atom. The molecule has 0 rings (SSSR count). The summed E-state index contributed by atoms with van der Waals surface area (Å²) >= 11 is 0. The highest BCUT2D eigenvalue weighted by Gasteiger charge is 1.99. The van der Waals surface area contributed by atoms with Gasteiger partial charge in [0.25, 0.3) is 0 Å². The van der Waals surface area contributed by atoms with Gasteiger partial charge in [-0.25, -0.2) is 0 Å². The Morgan fingerprint density at radius 3 is 2.80 bits per heavy atom. The topological polar surface area (TPSA) is 55.1 Å². The number of nitrogens with one attached hydrogen (secondary N) is 1. The fourth-order valence-electron chi connectivity index (χ4n) is 0.678. The van der Waals surface area contributed by atoms with Crippen molar-refractivity contribution in [2.24, 2.45) is 5.73 Å². The van der Waals surface area contributed by atoms with Gasteiger partial charge < -0.3 is 15.8 Å². The minimum Gasteiger partial charge on any atom is -0.330 e. The first-order valence-electron chi connectivity index (χ1n) is 3.73. The van der Waals surface area contributed by atoms with Crippen LogP contribution in [0.25, 0.3) is 0 Å². The highest BCUT2D eigenvalue weighted by Crippen LogP contribution is 1.84. The lowest BCUT2D eigenvalue weighted by Gasteiger charge is -2.08. The standard InChI is InChI=1S/C7H16N2O/c1-2-7(6-10)9-5-3-4-8/h6-7,9H,2-5,8H2,1H3. The number of hydrogen-bond acceptors (Lipinski definition) is 3. The van der Waals surface area contributed by atoms with Crippen LogP contribution < -0.4 is 11.1 Å². The Balaban J connectivity index is 3.17. The van der Waals surface area contributed by atoms with E-state index in [1.165, 1.54) is 0 Å². The van der Waals surface area contributed by atoms with Crippen LogP contribution in [-0.2, 0) is 4.79 Å². The van der Waals surface area contributed by atoms with Gasteiger partial charge in [-0.05, 0) is 25.9 Å². The predicted molar refractivity (Wildman–Crippen MR) is 41.8 cm³/mol. The Hall–Kier alpha value is -0.410. The van der Waals surface area contributed by atoms with Gasteiger partial charge in [-0.15, -0.1) is 0 Å². The zero-order valence-electron chi connectivity index (χ0n) is 6.47. The quantitative estimate of drug-likeness (QED) is 0.404. The van der Waals surface area contributed by atoms with E-state index in [4.69, 9.17) is 5.73 Å². The Kier molecular flexibility index (Phi) is 6.43. The van der Waals surface area contributed by atoms with Crippen LogP contribution in [0.15, 0.2) is 0 Å². The number of nitrogens with two attached hydrogens (primary N) is 1. The SMILES string of the molecule is CCC(C=O)NCCCN. The molecule has 60 valence electrons. The summed E-state index contributed by atoms with van der Waals surface area (Å²) in [5, 5.41) is 3.07. The molecule has 3 heteroatoms. The van der Waals surface area contributed by atoms with Crippen LogP contribution in [0.5, 0.6) is 0 Å². The van der Waals surface area contributed by atoms with Crippen LogP contribution in [-0.4, -0.2) is 25.4 Å². The van der Waals surface area contributed by atoms with Crippen LogP contribution in [0.4, 0.5) is 0 Å². The van der Waals surface area contributed by atoms with E-state index in [0.717, 1.165) is 25.7 Å². The van der Waals surface area contributed by atoms with Gasteiger partial charge in [-0.1, -0.05) is 6.92 Å². The lowest BCUT2D eigenvalue weighted by atomic mass is 10.2. The summed E-state index contributed by atoms with van der Waals surface area (Å²) in [4.78, 5) is 10.2. The van der Waals surface area contributed by atoms with E-state index >= 15 is 0 Å². The van der Waals surface area contributed by atoms with Gasteiger partial charge in [0.1, 0.15) is 6.29 Å². The number of carbonyl (C=O) groups is 1. The molecule has 3 nitrogen and oxygen atoms in total. The molecular formula is C7H16N2O. The molecule has 0 aliphatic heterocycles. The van der Waals surface area contributed by atoms with Crippen molar-refractivity contribution in [1.29, 1.82) is 0 Å². The van der Waals surface area contributed by atoms with Crippen LogP contribution in [0.2, 0.25) is 0 Å². The van der Waals surface area contributed by atoms with Crippen molar-refractivity contribution in [2.45, 2.75) is 25.8 Å². The molecule has 0 bridgehead atoms. The minimum atomic E-state index is 0.0200. The fourth-order valence-corrected chi connectivity index (χ4v) is 0.678. The van der Waals surface area contributed by atoms with E-state index in [2.05, 4.69) is 5.32 Å². The molecule has 1 unspecified atom stereocenters. The van der Waals surface area contributed by atoms with Crippen molar-refractivity contribution >= 4 is 6.29 Å². The molecule has 0 aromatic carbocycles. The molecule has 0 spiro atoms. The molecular weight excluding hydrogens is 128 g/mol. The first kappa shape index (κ1) is 9.59. The molecule has 0 fully saturated rings. The van der Waals surface area contributed by atoms with Crippen molar-refractivity contribution in [2.75, 3.05) is 13.1 Å². The zero-order valence-corrected chi connectivity index (χ0v) is 6.47. The van der Waals surface area contributed by atoms with Gasteiger partial charge in [-0.3, -0.25) is 0 Å². The lowest BCUT2D eigenvalue weighted by Crippen LogP contribution is -2.31. The van der Waals surface area contributed by atoms with E-state index in [1.807, 2.05) is 6.92 Å². The number of hydrogen-bond donors (Lipinski definition) is 2. The molecule has 0 radical (unpaired) electrons. The van der Waals surface area contributed by atoms with E-state index in [1.54, 1.807) is 0 Å². The molecule has 0 heterocycles. The van der Waals surface area contributed by atoms with Gasteiger partial charge in [0, 0.05) is 0 Å². The normalized spacial score (nSPS) is 13.0. The van der Waals surface area contributed by atoms with E-state index < -0.39 is 0 Å². The summed E-state index contributed by atoms with van der Waals surface area (Å²) in [7, 11) is 0. The second-order valence-electron chi connectivity index (χ2n) is 2.25. The van der Waals surface area contributed by atoms with Crippen molar-refractivity contribution in [1.82, 2.24) is 5.32 Å². The highest BCUT2D eigenvalue weighted by molar-refractivity contribution is 5.57. The molecule has 0 saturated carbocycles. The summed E-state index contributed by atoms with van der Waals surface area (Å²) in [6.07, 6.45) is 2.73. The van der Waals surface area contributed by atoms with Gasteiger partial charge in [0.05, 0.1) is 6.04 Å². The van der Waals surface area contributed by atoms with Crippen LogP contribution in [0.3, 0.4) is 0 Å².